The molecule has 0 aliphatic heterocycles. The summed E-state index contributed by atoms with van der Waals surface area (Å²) < 4.78 is 4.87. The lowest BCUT2D eigenvalue weighted by Crippen LogP contribution is -2.21. The van der Waals surface area contributed by atoms with E-state index in [2.05, 4.69) is 10.3 Å². The monoisotopic (exact) mass is 358 g/mol. The summed E-state index contributed by atoms with van der Waals surface area (Å²) in [4.78, 5) is 27.3. The number of hydrogen-bond donors (Lipinski definition) is 1. The molecular weight excluding hydrogens is 351 g/mol. The highest BCUT2D eigenvalue weighted by Gasteiger charge is 2.12. The van der Waals surface area contributed by atoms with Gasteiger partial charge < -0.3 is 10.1 Å². The van der Waals surface area contributed by atoms with Gasteiger partial charge in [0.1, 0.15) is 5.82 Å². The van der Waals surface area contributed by atoms with Crippen molar-refractivity contribution in [3.63, 3.8) is 0 Å². The fourth-order valence-corrected chi connectivity index (χ4v) is 2.15. The van der Waals surface area contributed by atoms with Crippen molar-refractivity contribution in [2.75, 3.05) is 11.9 Å². The summed E-state index contributed by atoms with van der Waals surface area (Å²) in [5.41, 5.74) is 0.162. The van der Waals surface area contributed by atoms with Crippen LogP contribution in [0, 0.1) is 0 Å². The van der Waals surface area contributed by atoms with E-state index in [-0.39, 0.29) is 5.56 Å². The van der Waals surface area contributed by atoms with E-state index in [4.69, 9.17) is 39.5 Å². The number of rotatable bonds is 4. The predicted octanol–water partition coefficient (Wildman–Crippen LogP) is 3.84. The highest BCUT2D eigenvalue weighted by molar-refractivity contribution is 6.35. The van der Waals surface area contributed by atoms with E-state index in [0.717, 1.165) is 0 Å². The molecule has 0 radical (unpaired) electrons. The minimum absolute atomic E-state index is 0.162. The summed E-state index contributed by atoms with van der Waals surface area (Å²) in [5, 5.41) is 3.51. The molecule has 2 aromatic rings. The number of pyridine rings is 1. The molecule has 1 heterocycles. The molecule has 0 atom stereocenters. The number of benzene rings is 1. The molecule has 0 aliphatic rings. The molecule has 0 unspecified atom stereocenters. The number of hydrogen-bond acceptors (Lipinski definition) is 4. The predicted molar refractivity (Wildman–Crippen MR) is 84.6 cm³/mol. The number of nitrogens with one attached hydrogen (secondary N) is 1. The maximum absolute atomic E-state index is 11.8. The summed E-state index contributed by atoms with van der Waals surface area (Å²) >= 11 is 17.3. The van der Waals surface area contributed by atoms with Gasteiger partial charge in [0.25, 0.3) is 5.91 Å². The molecule has 22 heavy (non-hydrogen) atoms. The standard InChI is InChI=1S/C14H9Cl3N2O3/c15-9-1-2-12(18-6-9)19-13(20)7-22-14(21)8-3-10(16)5-11(17)4-8/h1-6H,7H2,(H,18,19,20). The first-order valence-corrected chi connectivity index (χ1v) is 7.12. The van der Waals surface area contributed by atoms with Gasteiger partial charge in [0.15, 0.2) is 6.61 Å². The second-order valence-electron chi connectivity index (χ2n) is 4.14. The molecule has 8 heteroatoms. The number of esters is 1. The van der Waals surface area contributed by atoms with Crippen molar-refractivity contribution in [3.05, 3.63) is 57.2 Å². The van der Waals surface area contributed by atoms with Crippen LogP contribution in [0.3, 0.4) is 0 Å². The number of carbonyl (C=O) groups excluding carboxylic acids is 2. The molecule has 0 fully saturated rings. The molecule has 1 aromatic heterocycles. The lowest BCUT2D eigenvalue weighted by molar-refractivity contribution is -0.119. The van der Waals surface area contributed by atoms with Gasteiger partial charge in [0, 0.05) is 16.2 Å². The van der Waals surface area contributed by atoms with Crippen molar-refractivity contribution in [1.82, 2.24) is 4.98 Å². The van der Waals surface area contributed by atoms with E-state index in [1.54, 1.807) is 6.07 Å². The van der Waals surface area contributed by atoms with Crippen LogP contribution in [0.25, 0.3) is 0 Å². The lowest BCUT2D eigenvalue weighted by Gasteiger charge is -2.06. The smallest absolute Gasteiger partial charge is 0.338 e. The Morgan fingerprint density at radius 1 is 1.05 bits per heavy atom. The molecular formula is C14H9Cl3N2O3. The van der Waals surface area contributed by atoms with Gasteiger partial charge in [-0.25, -0.2) is 9.78 Å². The van der Waals surface area contributed by atoms with Crippen molar-refractivity contribution in [1.29, 1.82) is 0 Å². The van der Waals surface area contributed by atoms with Crippen LogP contribution in [0.15, 0.2) is 36.5 Å². The van der Waals surface area contributed by atoms with Gasteiger partial charge in [-0.3, -0.25) is 4.79 Å². The topological polar surface area (TPSA) is 68.3 Å². The Bertz CT molecular complexity index is 685. The number of ether oxygens (including phenoxy) is 1. The Morgan fingerprint density at radius 2 is 1.73 bits per heavy atom. The lowest BCUT2D eigenvalue weighted by atomic mass is 10.2. The average molecular weight is 360 g/mol. The van der Waals surface area contributed by atoms with Crippen LogP contribution in [-0.4, -0.2) is 23.5 Å². The summed E-state index contributed by atoms with van der Waals surface area (Å²) in [6.45, 7) is -0.465. The Balaban J connectivity index is 1.90. The first-order chi connectivity index (χ1) is 10.4. The van der Waals surface area contributed by atoms with E-state index in [1.807, 2.05) is 0 Å². The zero-order valence-electron chi connectivity index (χ0n) is 11.0. The molecule has 0 aliphatic carbocycles. The van der Waals surface area contributed by atoms with E-state index in [9.17, 15) is 9.59 Å². The van der Waals surface area contributed by atoms with Crippen LogP contribution < -0.4 is 5.32 Å². The van der Waals surface area contributed by atoms with Crippen LogP contribution in [0.2, 0.25) is 15.1 Å². The van der Waals surface area contributed by atoms with E-state index in [0.29, 0.717) is 20.9 Å². The van der Waals surface area contributed by atoms with Gasteiger partial charge in [-0.15, -0.1) is 0 Å². The maximum atomic E-state index is 11.8. The van der Waals surface area contributed by atoms with Gasteiger partial charge in [0.05, 0.1) is 10.6 Å². The Morgan fingerprint density at radius 3 is 2.32 bits per heavy atom. The zero-order valence-corrected chi connectivity index (χ0v) is 13.2. The molecule has 0 saturated heterocycles. The number of anilines is 1. The molecule has 0 spiro atoms. The van der Waals surface area contributed by atoms with Crippen LogP contribution in [-0.2, 0) is 9.53 Å². The Kier molecular flexibility index (Phi) is 5.60. The SMILES string of the molecule is O=C(COC(=O)c1cc(Cl)cc(Cl)c1)Nc1ccc(Cl)cn1. The van der Waals surface area contributed by atoms with E-state index >= 15 is 0 Å². The van der Waals surface area contributed by atoms with Crippen molar-refractivity contribution < 1.29 is 14.3 Å². The highest BCUT2D eigenvalue weighted by atomic mass is 35.5. The third-order valence-corrected chi connectivity index (χ3v) is 3.09. The highest BCUT2D eigenvalue weighted by Crippen LogP contribution is 2.19. The molecule has 2 rings (SSSR count). The van der Waals surface area contributed by atoms with Crippen LogP contribution >= 0.6 is 34.8 Å². The second-order valence-corrected chi connectivity index (χ2v) is 5.45. The first kappa shape index (κ1) is 16.5. The number of nitrogens with zero attached hydrogens (tertiary/aromatic N) is 1. The largest absolute Gasteiger partial charge is 0.452 e. The van der Waals surface area contributed by atoms with Crippen molar-refractivity contribution >= 4 is 52.5 Å². The Hall–Kier alpha value is -1.82. The molecule has 1 N–H and O–H groups in total. The third kappa shape index (κ3) is 4.87. The summed E-state index contributed by atoms with van der Waals surface area (Å²) in [5.74, 6) is -0.934. The van der Waals surface area contributed by atoms with Gasteiger partial charge in [-0.2, -0.15) is 0 Å². The van der Waals surface area contributed by atoms with Crippen molar-refractivity contribution in [3.8, 4) is 0 Å². The minimum atomic E-state index is -0.705. The number of carbonyl (C=O) groups is 2. The van der Waals surface area contributed by atoms with E-state index < -0.39 is 18.5 Å². The van der Waals surface area contributed by atoms with Crippen molar-refractivity contribution in [2.45, 2.75) is 0 Å². The van der Waals surface area contributed by atoms with Crippen molar-refractivity contribution in [2.24, 2.45) is 0 Å². The minimum Gasteiger partial charge on any atom is -0.452 e. The molecule has 114 valence electrons. The zero-order chi connectivity index (χ0) is 16.1. The molecule has 0 saturated carbocycles. The molecule has 1 amide bonds. The molecule has 1 aromatic carbocycles. The average Bonchev–Trinajstić information content (AvgIpc) is 2.46. The van der Waals surface area contributed by atoms with Crippen LogP contribution in [0.1, 0.15) is 10.4 Å². The Labute approximate surface area is 141 Å². The maximum Gasteiger partial charge on any atom is 0.338 e. The van der Waals surface area contributed by atoms with Gasteiger partial charge in [-0.05, 0) is 30.3 Å². The number of halogens is 3. The number of aromatic nitrogens is 1. The van der Waals surface area contributed by atoms with Gasteiger partial charge in [-0.1, -0.05) is 34.8 Å². The summed E-state index contributed by atoms with van der Waals surface area (Å²) in [7, 11) is 0. The third-order valence-electron chi connectivity index (χ3n) is 2.43. The molecule has 5 nitrogen and oxygen atoms in total. The van der Waals surface area contributed by atoms with Gasteiger partial charge in [0.2, 0.25) is 0 Å². The van der Waals surface area contributed by atoms with E-state index in [1.165, 1.54) is 30.5 Å². The van der Waals surface area contributed by atoms with Crippen LogP contribution in [0.5, 0.6) is 0 Å². The van der Waals surface area contributed by atoms with Gasteiger partial charge >= 0.3 is 5.97 Å². The fraction of sp³-hybridized carbons (Fsp3) is 0.0714. The van der Waals surface area contributed by atoms with Crippen LogP contribution in [0.4, 0.5) is 5.82 Å². The molecule has 0 bridgehead atoms. The summed E-state index contributed by atoms with van der Waals surface area (Å²) in [6.07, 6.45) is 1.39. The second kappa shape index (κ2) is 7.45. The quantitative estimate of drug-likeness (QED) is 0.842. The summed E-state index contributed by atoms with van der Waals surface area (Å²) in [6, 6.07) is 7.38. The fourth-order valence-electron chi connectivity index (χ4n) is 1.51. The normalized spacial score (nSPS) is 10.1. The number of amides is 1. The first-order valence-electron chi connectivity index (χ1n) is 5.98.